The lowest BCUT2D eigenvalue weighted by Crippen LogP contribution is -2.31. The number of thioether (sulfide) groups is 1. The van der Waals surface area contributed by atoms with Crippen LogP contribution in [-0.4, -0.2) is 30.4 Å². The lowest BCUT2D eigenvalue weighted by molar-refractivity contribution is -0.245. The number of aromatic nitrogens is 1. The Morgan fingerprint density at radius 1 is 0.778 bits per heavy atom. The van der Waals surface area contributed by atoms with Crippen LogP contribution in [0.1, 0.15) is 41.1 Å². The summed E-state index contributed by atoms with van der Waals surface area (Å²) in [5.41, 5.74) is 5.57. The molecule has 4 aromatic carbocycles. The number of ether oxygens (including phenoxy) is 2. The van der Waals surface area contributed by atoms with E-state index in [1.54, 1.807) is 48.3 Å². The maximum absolute atomic E-state index is 12.7. The summed E-state index contributed by atoms with van der Waals surface area (Å²) in [6.07, 6.45) is 1.63. The average Bonchev–Trinajstić information content (AvgIpc) is 3.11. The van der Waals surface area contributed by atoms with Crippen molar-refractivity contribution in [3.8, 4) is 11.1 Å². The van der Waals surface area contributed by atoms with Gasteiger partial charge in [0.1, 0.15) is 0 Å². The van der Waals surface area contributed by atoms with Gasteiger partial charge in [0.25, 0.3) is 0 Å². The van der Waals surface area contributed by atoms with Gasteiger partial charge in [0.15, 0.2) is 6.29 Å². The van der Waals surface area contributed by atoms with Gasteiger partial charge in [-0.15, -0.1) is 11.8 Å². The topological polar surface area (TPSA) is 97.8 Å². The zero-order chi connectivity index (χ0) is 31.1. The summed E-state index contributed by atoms with van der Waals surface area (Å²) in [6, 6.07) is 38.0. The fraction of sp³-hybridized carbons (Fsp3) is 0.194. The molecule has 1 aromatic heterocycles. The summed E-state index contributed by atoms with van der Waals surface area (Å²) in [6.45, 7) is 0.166. The second-order valence-electron chi connectivity index (χ2n) is 10.8. The molecular formula is C36H34N2O5S2. The van der Waals surface area contributed by atoms with Crippen LogP contribution in [0, 0.1) is 0 Å². The van der Waals surface area contributed by atoms with Gasteiger partial charge in [0.2, 0.25) is 10.0 Å². The molecule has 9 heteroatoms. The number of hydrogen-bond donors (Lipinski definition) is 2. The molecule has 0 spiro atoms. The van der Waals surface area contributed by atoms with Crippen LogP contribution in [0.5, 0.6) is 0 Å². The van der Waals surface area contributed by atoms with Gasteiger partial charge in [0.05, 0.1) is 28.7 Å². The van der Waals surface area contributed by atoms with E-state index in [4.69, 9.17) is 9.47 Å². The Kier molecular flexibility index (Phi) is 10.0. The van der Waals surface area contributed by atoms with Crippen molar-refractivity contribution < 1.29 is 23.0 Å². The number of rotatable bonds is 11. The van der Waals surface area contributed by atoms with Crippen LogP contribution in [0.4, 0.5) is 0 Å². The molecule has 0 radical (unpaired) electrons. The number of nitrogens with zero attached hydrogens (tertiary/aromatic N) is 1. The molecule has 7 nitrogen and oxygen atoms in total. The second-order valence-corrected chi connectivity index (χ2v) is 13.6. The van der Waals surface area contributed by atoms with Gasteiger partial charge in [-0.3, -0.25) is 0 Å². The van der Waals surface area contributed by atoms with Crippen molar-refractivity contribution in [1.82, 2.24) is 9.71 Å². The Bertz CT molecular complexity index is 1800. The van der Waals surface area contributed by atoms with Gasteiger partial charge < -0.3 is 14.6 Å². The predicted molar refractivity (Wildman–Crippen MR) is 176 cm³/mol. The summed E-state index contributed by atoms with van der Waals surface area (Å²) in [7, 11) is -3.62. The van der Waals surface area contributed by atoms with Crippen LogP contribution in [0.25, 0.3) is 11.1 Å². The van der Waals surface area contributed by atoms with Gasteiger partial charge in [-0.05, 0) is 64.2 Å². The number of hydrogen-bond acceptors (Lipinski definition) is 7. The average molecular weight is 639 g/mol. The standard InChI is InChI=1S/C36H34N2O5S2/c39-24-26-15-17-28(18-16-26)34-22-32(25-44-35-14-4-5-19-37-35)42-36(43-34)31-11-7-10-30(21-31)29-9-6-8-27(20-29)23-38-45(40,41)33-12-2-1-3-13-33/h1-21,32,34,36,38-39H,22-25H2. The summed E-state index contributed by atoms with van der Waals surface area (Å²) < 4.78 is 41.3. The van der Waals surface area contributed by atoms with Crippen molar-refractivity contribution in [2.45, 2.75) is 48.0 Å². The molecule has 1 aliphatic heterocycles. The third kappa shape index (κ3) is 8.07. The third-order valence-corrected chi connectivity index (χ3v) is 10.1. The number of sulfonamides is 1. The number of aliphatic hydroxyl groups excluding tert-OH is 1. The minimum atomic E-state index is -3.62. The molecule has 1 fully saturated rings. The fourth-order valence-corrected chi connectivity index (χ4v) is 7.14. The van der Waals surface area contributed by atoms with E-state index in [2.05, 4.69) is 15.8 Å². The highest BCUT2D eigenvalue weighted by Gasteiger charge is 2.32. The zero-order valence-electron chi connectivity index (χ0n) is 24.5. The van der Waals surface area contributed by atoms with Crippen molar-refractivity contribution in [2.75, 3.05) is 5.75 Å². The van der Waals surface area contributed by atoms with Crippen LogP contribution >= 0.6 is 11.8 Å². The van der Waals surface area contributed by atoms with E-state index in [0.717, 1.165) is 44.2 Å². The largest absolute Gasteiger partial charge is 0.392 e. The monoisotopic (exact) mass is 638 g/mol. The molecule has 45 heavy (non-hydrogen) atoms. The Labute approximate surface area is 268 Å². The molecule has 1 aliphatic rings. The highest BCUT2D eigenvalue weighted by atomic mass is 32.2. The molecule has 2 heterocycles. The van der Waals surface area contributed by atoms with E-state index in [1.807, 2.05) is 84.9 Å². The highest BCUT2D eigenvalue weighted by Crippen LogP contribution is 2.40. The minimum absolute atomic E-state index is 0.00618. The van der Waals surface area contributed by atoms with Gasteiger partial charge in [0, 0.05) is 30.5 Å². The van der Waals surface area contributed by atoms with Crippen LogP contribution in [0.2, 0.25) is 0 Å². The Hall–Kier alpha value is -3.83. The van der Waals surface area contributed by atoms with E-state index >= 15 is 0 Å². The smallest absolute Gasteiger partial charge is 0.240 e. The van der Waals surface area contributed by atoms with Gasteiger partial charge >= 0.3 is 0 Å². The molecule has 0 bridgehead atoms. The van der Waals surface area contributed by atoms with Gasteiger partial charge in [-0.25, -0.2) is 18.1 Å². The SMILES string of the molecule is O=S(=O)(NCc1cccc(-c2cccc(C3OC(CSc4ccccn4)CC(c4ccc(CO)cc4)O3)c2)c1)c1ccccc1. The number of nitrogens with one attached hydrogen (secondary N) is 1. The maximum atomic E-state index is 12.7. The summed E-state index contributed by atoms with van der Waals surface area (Å²) >= 11 is 1.66. The molecule has 6 rings (SSSR count). The van der Waals surface area contributed by atoms with Crippen molar-refractivity contribution >= 4 is 21.8 Å². The van der Waals surface area contributed by atoms with Crippen LogP contribution < -0.4 is 4.72 Å². The van der Waals surface area contributed by atoms with E-state index in [0.29, 0.717) is 6.42 Å². The number of pyridine rings is 1. The minimum Gasteiger partial charge on any atom is -0.392 e. The molecule has 3 unspecified atom stereocenters. The normalized spacial score (nSPS) is 18.5. The number of aliphatic hydroxyl groups is 1. The molecule has 2 N–H and O–H groups in total. The van der Waals surface area contributed by atoms with Crippen LogP contribution in [0.3, 0.4) is 0 Å². The Morgan fingerprint density at radius 3 is 2.29 bits per heavy atom. The van der Waals surface area contributed by atoms with Crippen molar-refractivity contribution in [3.63, 3.8) is 0 Å². The van der Waals surface area contributed by atoms with Gasteiger partial charge in [-0.1, -0.05) is 84.9 Å². The molecule has 1 saturated heterocycles. The molecule has 230 valence electrons. The van der Waals surface area contributed by atoms with E-state index in [-0.39, 0.29) is 30.3 Å². The molecule has 5 aromatic rings. The summed E-state index contributed by atoms with van der Waals surface area (Å²) in [4.78, 5) is 4.68. The Balaban J connectivity index is 1.21. The van der Waals surface area contributed by atoms with E-state index in [9.17, 15) is 13.5 Å². The van der Waals surface area contributed by atoms with E-state index in [1.165, 1.54) is 0 Å². The summed E-state index contributed by atoms with van der Waals surface area (Å²) in [5.74, 6) is 0.725. The lowest BCUT2D eigenvalue weighted by Gasteiger charge is -2.36. The molecule has 0 aliphatic carbocycles. The lowest BCUT2D eigenvalue weighted by atomic mass is 9.99. The van der Waals surface area contributed by atoms with Crippen LogP contribution in [0.15, 0.2) is 137 Å². The molecular weight excluding hydrogens is 605 g/mol. The molecule has 0 saturated carbocycles. The second kappa shape index (κ2) is 14.5. The zero-order valence-corrected chi connectivity index (χ0v) is 26.2. The first-order valence-electron chi connectivity index (χ1n) is 14.8. The van der Waals surface area contributed by atoms with Crippen molar-refractivity contribution in [2.24, 2.45) is 0 Å². The summed E-state index contributed by atoms with van der Waals surface area (Å²) in [5, 5.41) is 10.5. The Morgan fingerprint density at radius 2 is 1.53 bits per heavy atom. The number of benzene rings is 4. The van der Waals surface area contributed by atoms with Gasteiger partial charge in [-0.2, -0.15) is 0 Å². The molecule has 0 amide bonds. The quantitative estimate of drug-likeness (QED) is 0.150. The first-order chi connectivity index (χ1) is 22.0. The van der Waals surface area contributed by atoms with E-state index < -0.39 is 16.3 Å². The van der Waals surface area contributed by atoms with Crippen molar-refractivity contribution in [3.05, 3.63) is 150 Å². The molecule has 3 atom stereocenters. The first-order valence-corrected chi connectivity index (χ1v) is 17.2. The predicted octanol–water partition coefficient (Wildman–Crippen LogP) is 7.06. The maximum Gasteiger partial charge on any atom is 0.240 e. The fourth-order valence-electron chi connectivity index (χ4n) is 5.22. The van der Waals surface area contributed by atoms with Crippen molar-refractivity contribution in [1.29, 1.82) is 0 Å². The first kappa shape index (κ1) is 31.2. The highest BCUT2D eigenvalue weighted by molar-refractivity contribution is 7.99. The third-order valence-electron chi connectivity index (χ3n) is 7.61. The van der Waals surface area contributed by atoms with Crippen LogP contribution in [-0.2, 0) is 32.6 Å².